The summed E-state index contributed by atoms with van der Waals surface area (Å²) < 4.78 is 56.7. The first-order chi connectivity index (χ1) is 8.91. The number of aliphatic hydroxyl groups excluding tert-OH is 1. The molecule has 1 fully saturated rings. The fourth-order valence-corrected chi connectivity index (χ4v) is 2.28. The lowest BCUT2D eigenvalue weighted by molar-refractivity contribution is -0.140. The molecule has 0 spiro atoms. The van der Waals surface area contributed by atoms with Crippen molar-refractivity contribution >= 4 is 0 Å². The van der Waals surface area contributed by atoms with Gasteiger partial charge < -0.3 is 9.84 Å². The van der Waals surface area contributed by atoms with E-state index in [2.05, 4.69) is 0 Å². The van der Waals surface area contributed by atoms with Crippen LogP contribution in [0, 0.1) is 11.7 Å². The molecule has 0 amide bonds. The highest BCUT2D eigenvalue weighted by molar-refractivity contribution is 5.30. The topological polar surface area (TPSA) is 29.5 Å². The van der Waals surface area contributed by atoms with E-state index in [1.165, 1.54) is 6.07 Å². The fraction of sp³-hybridized carbons (Fsp3) is 0.538. The molecule has 0 radical (unpaired) electrons. The zero-order valence-electron chi connectivity index (χ0n) is 10.1. The van der Waals surface area contributed by atoms with Gasteiger partial charge in [0.05, 0.1) is 11.7 Å². The van der Waals surface area contributed by atoms with Crippen LogP contribution in [0.2, 0.25) is 0 Å². The van der Waals surface area contributed by atoms with Crippen LogP contribution in [0.5, 0.6) is 0 Å². The third-order valence-corrected chi connectivity index (χ3v) is 3.37. The lowest BCUT2D eigenvalue weighted by Gasteiger charge is -2.27. The second-order valence-corrected chi connectivity index (χ2v) is 4.60. The highest BCUT2D eigenvalue weighted by Gasteiger charge is 2.36. The van der Waals surface area contributed by atoms with Crippen LogP contribution < -0.4 is 0 Å². The van der Waals surface area contributed by atoms with Crippen molar-refractivity contribution in [3.05, 3.63) is 35.1 Å². The Morgan fingerprint density at radius 3 is 2.42 bits per heavy atom. The summed E-state index contributed by atoms with van der Waals surface area (Å²) in [6.07, 6.45) is -4.96. The van der Waals surface area contributed by atoms with Crippen molar-refractivity contribution < 1.29 is 27.4 Å². The van der Waals surface area contributed by atoms with Crippen molar-refractivity contribution in [1.82, 2.24) is 0 Å². The van der Waals surface area contributed by atoms with Crippen LogP contribution >= 0.6 is 0 Å². The van der Waals surface area contributed by atoms with Crippen LogP contribution in [-0.2, 0) is 10.9 Å². The van der Waals surface area contributed by atoms with E-state index in [0.717, 1.165) is 6.07 Å². The molecule has 1 aromatic carbocycles. The minimum atomic E-state index is -4.75. The maximum absolute atomic E-state index is 13.9. The van der Waals surface area contributed by atoms with E-state index in [1.807, 2.05) is 0 Å². The predicted octanol–water partition coefficient (Wildman–Crippen LogP) is 3.30. The van der Waals surface area contributed by atoms with Gasteiger partial charge in [-0.05, 0) is 24.8 Å². The molecule has 106 valence electrons. The van der Waals surface area contributed by atoms with E-state index < -0.39 is 23.7 Å². The third kappa shape index (κ3) is 3.06. The van der Waals surface area contributed by atoms with Crippen LogP contribution in [0.15, 0.2) is 18.2 Å². The molecule has 1 atom stereocenters. The van der Waals surface area contributed by atoms with E-state index in [0.29, 0.717) is 32.1 Å². The third-order valence-electron chi connectivity index (χ3n) is 3.37. The molecule has 19 heavy (non-hydrogen) atoms. The Labute approximate surface area is 108 Å². The van der Waals surface area contributed by atoms with Crippen molar-refractivity contribution in [2.75, 3.05) is 13.2 Å². The molecule has 1 unspecified atom stereocenters. The van der Waals surface area contributed by atoms with Crippen molar-refractivity contribution in [3.8, 4) is 0 Å². The predicted molar refractivity (Wildman–Crippen MR) is 59.9 cm³/mol. The summed E-state index contributed by atoms with van der Waals surface area (Å²) in [7, 11) is 0. The number of halogens is 4. The summed E-state index contributed by atoms with van der Waals surface area (Å²) in [6.45, 7) is 0.866. The maximum atomic E-state index is 13.9. The number of aliphatic hydroxyl groups is 1. The molecule has 1 N–H and O–H groups in total. The molecule has 1 heterocycles. The Kier molecular flexibility index (Phi) is 4.10. The molecule has 0 aromatic heterocycles. The van der Waals surface area contributed by atoms with Crippen molar-refractivity contribution in [2.45, 2.75) is 25.1 Å². The molecular weight excluding hydrogens is 264 g/mol. The second kappa shape index (κ2) is 5.46. The molecule has 1 aliphatic rings. The molecule has 2 nitrogen and oxygen atoms in total. The summed E-state index contributed by atoms with van der Waals surface area (Å²) in [5.74, 6) is -1.65. The lowest BCUT2D eigenvalue weighted by atomic mass is 9.88. The molecule has 6 heteroatoms. The summed E-state index contributed by atoms with van der Waals surface area (Å²) in [5.41, 5.74) is -1.63. The van der Waals surface area contributed by atoms with E-state index in [-0.39, 0.29) is 11.5 Å². The van der Waals surface area contributed by atoms with Gasteiger partial charge in [-0.15, -0.1) is 0 Å². The molecule has 1 aromatic rings. The van der Waals surface area contributed by atoms with Crippen molar-refractivity contribution in [1.29, 1.82) is 0 Å². The first-order valence-corrected chi connectivity index (χ1v) is 6.02. The minimum absolute atomic E-state index is 0.272. The zero-order valence-corrected chi connectivity index (χ0v) is 10.1. The number of alkyl halides is 3. The smallest absolute Gasteiger partial charge is 0.388 e. The normalized spacial score (nSPS) is 19.4. The largest absolute Gasteiger partial charge is 0.419 e. The summed E-state index contributed by atoms with van der Waals surface area (Å²) in [4.78, 5) is 0. The molecule has 0 aliphatic carbocycles. The molecule has 2 rings (SSSR count). The van der Waals surface area contributed by atoms with E-state index in [4.69, 9.17) is 4.74 Å². The van der Waals surface area contributed by atoms with Crippen LogP contribution in [0.25, 0.3) is 0 Å². The van der Waals surface area contributed by atoms with Crippen molar-refractivity contribution in [2.24, 2.45) is 5.92 Å². The first-order valence-electron chi connectivity index (χ1n) is 6.02. The van der Waals surface area contributed by atoms with E-state index >= 15 is 0 Å². The average molecular weight is 278 g/mol. The number of hydrogen-bond acceptors (Lipinski definition) is 2. The van der Waals surface area contributed by atoms with Gasteiger partial charge in [0.15, 0.2) is 0 Å². The van der Waals surface area contributed by atoms with E-state index in [9.17, 15) is 22.7 Å². The molecule has 1 saturated heterocycles. The van der Waals surface area contributed by atoms with Gasteiger partial charge in [-0.1, -0.05) is 12.1 Å². The van der Waals surface area contributed by atoms with Crippen LogP contribution in [-0.4, -0.2) is 18.3 Å². The Morgan fingerprint density at radius 2 is 1.84 bits per heavy atom. The van der Waals surface area contributed by atoms with E-state index in [1.54, 1.807) is 0 Å². The Bertz CT molecular complexity index is 439. The first kappa shape index (κ1) is 14.3. The number of benzene rings is 1. The number of rotatable bonds is 2. The number of ether oxygens (including phenoxy) is 1. The van der Waals surface area contributed by atoms with Crippen LogP contribution in [0.4, 0.5) is 17.6 Å². The Balaban J connectivity index is 2.29. The SMILES string of the molecule is OC(c1cccc(C(F)(F)F)c1F)C1CCOCC1. The second-order valence-electron chi connectivity index (χ2n) is 4.60. The lowest BCUT2D eigenvalue weighted by Crippen LogP contribution is -2.23. The zero-order chi connectivity index (χ0) is 14.0. The molecule has 0 bridgehead atoms. The molecular formula is C13H14F4O2. The van der Waals surface area contributed by atoms with Gasteiger partial charge in [-0.25, -0.2) is 4.39 Å². The van der Waals surface area contributed by atoms with Gasteiger partial charge >= 0.3 is 6.18 Å². The van der Waals surface area contributed by atoms with Crippen LogP contribution in [0.1, 0.15) is 30.1 Å². The quantitative estimate of drug-likeness (QED) is 0.841. The Morgan fingerprint density at radius 1 is 1.21 bits per heavy atom. The van der Waals surface area contributed by atoms with Crippen LogP contribution in [0.3, 0.4) is 0 Å². The fourth-order valence-electron chi connectivity index (χ4n) is 2.28. The summed E-state index contributed by atoms with van der Waals surface area (Å²) >= 11 is 0. The van der Waals surface area contributed by atoms with Crippen molar-refractivity contribution in [3.63, 3.8) is 0 Å². The molecule has 0 saturated carbocycles. The Hall–Kier alpha value is -1.14. The highest BCUT2D eigenvalue weighted by Crippen LogP contribution is 2.37. The van der Waals surface area contributed by atoms with Gasteiger partial charge in [0.2, 0.25) is 0 Å². The summed E-state index contributed by atoms with van der Waals surface area (Å²) in [6, 6.07) is 2.99. The summed E-state index contributed by atoms with van der Waals surface area (Å²) in [5, 5.41) is 10.1. The van der Waals surface area contributed by atoms with Gasteiger partial charge in [-0.2, -0.15) is 13.2 Å². The monoisotopic (exact) mass is 278 g/mol. The van der Waals surface area contributed by atoms with Gasteiger partial charge in [0.1, 0.15) is 5.82 Å². The standard InChI is InChI=1S/C13H14F4O2/c14-11-9(2-1-3-10(11)13(15,16)17)12(18)8-4-6-19-7-5-8/h1-3,8,12,18H,4-7H2. The maximum Gasteiger partial charge on any atom is 0.419 e. The minimum Gasteiger partial charge on any atom is -0.388 e. The highest BCUT2D eigenvalue weighted by atomic mass is 19.4. The van der Waals surface area contributed by atoms with Gasteiger partial charge in [0, 0.05) is 18.8 Å². The van der Waals surface area contributed by atoms with Gasteiger partial charge in [-0.3, -0.25) is 0 Å². The average Bonchev–Trinajstić information content (AvgIpc) is 2.38. The molecule has 1 aliphatic heterocycles. The number of hydrogen-bond donors (Lipinski definition) is 1. The van der Waals surface area contributed by atoms with Gasteiger partial charge in [0.25, 0.3) is 0 Å².